The minimum atomic E-state index is -0.928. The third kappa shape index (κ3) is 4.44. The van der Waals surface area contributed by atoms with Crippen molar-refractivity contribution in [3.63, 3.8) is 0 Å². The zero-order chi connectivity index (χ0) is 22.1. The third-order valence-electron chi connectivity index (χ3n) is 4.48. The van der Waals surface area contributed by atoms with Crippen molar-refractivity contribution >= 4 is 50.8 Å². The monoisotopic (exact) mass is 476 g/mol. The Morgan fingerprint density at radius 1 is 1.10 bits per heavy atom. The highest BCUT2D eigenvalue weighted by Crippen LogP contribution is 2.39. The van der Waals surface area contributed by atoms with Gasteiger partial charge in [-0.3, -0.25) is 0 Å². The molecule has 0 bridgehead atoms. The Bertz CT molecular complexity index is 1270. The summed E-state index contributed by atoms with van der Waals surface area (Å²) in [5.74, 6) is -0.248. The number of carbonyl (C=O) groups excluding carboxylic acids is 1. The quantitative estimate of drug-likeness (QED) is 0.336. The molecule has 4 aromatic rings. The minimum absolute atomic E-state index is 0.0489. The number of ether oxygens (including phenoxy) is 2. The first kappa shape index (κ1) is 21.4. The van der Waals surface area contributed by atoms with E-state index in [1.165, 1.54) is 17.4 Å². The molecule has 0 saturated heterocycles. The van der Waals surface area contributed by atoms with Gasteiger partial charge in [-0.15, -0.1) is 11.3 Å². The first-order chi connectivity index (χ1) is 14.8. The van der Waals surface area contributed by atoms with Crippen LogP contribution in [0.1, 0.15) is 18.6 Å². The molecule has 1 aromatic heterocycles. The van der Waals surface area contributed by atoms with E-state index in [4.69, 9.17) is 38.4 Å². The van der Waals surface area contributed by atoms with Gasteiger partial charge in [-0.2, -0.15) is 0 Å². The number of halogens is 3. The van der Waals surface area contributed by atoms with Crippen LogP contribution in [0.5, 0.6) is 11.5 Å². The molecule has 1 amide bonds. The van der Waals surface area contributed by atoms with Gasteiger partial charge in [0.2, 0.25) is 0 Å². The van der Waals surface area contributed by atoms with E-state index in [-0.39, 0.29) is 11.5 Å². The maximum atomic E-state index is 14.7. The lowest BCUT2D eigenvalue weighted by Gasteiger charge is -2.18. The van der Waals surface area contributed by atoms with Gasteiger partial charge in [-0.05, 0) is 31.2 Å². The number of primary amides is 1. The SMILES string of the molecule is CC(Oc1cc2sc(-c3ccccc3OC(N)=O)nc2cc1F)c1c(Cl)cccc1Cl. The molecule has 0 saturated carbocycles. The second kappa shape index (κ2) is 8.70. The Balaban J connectivity index is 1.70. The number of fused-ring (bicyclic) bond motifs is 1. The maximum absolute atomic E-state index is 14.7. The summed E-state index contributed by atoms with van der Waals surface area (Å²) in [7, 11) is 0. The Morgan fingerprint density at radius 2 is 1.81 bits per heavy atom. The molecule has 9 heteroatoms. The summed E-state index contributed by atoms with van der Waals surface area (Å²) in [6, 6.07) is 14.8. The van der Waals surface area contributed by atoms with Crippen LogP contribution < -0.4 is 15.2 Å². The molecule has 1 heterocycles. The van der Waals surface area contributed by atoms with Gasteiger partial charge in [0.05, 0.1) is 15.8 Å². The van der Waals surface area contributed by atoms with Crippen LogP contribution in [0, 0.1) is 5.82 Å². The van der Waals surface area contributed by atoms with Crippen molar-refractivity contribution in [2.45, 2.75) is 13.0 Å². The number of nitrogens with two attached hydrogens (primary N) is 1. The van der Waals surface area contributed by atoms with Crippen LogP contribution in [0.25, 0.3) is 20.8 Å². The topological polar surface area (TPSA) is 74.4 Å². The molecule has 1 atom stereocenters. The van der Waals surface area contributed by atoms with Gasteiger partial charge in [0.25, 0.3) is 0 Å². The lowest BCUT2D eigenvalue weighted by molar-refractivity contribution is 0.211. The van der Waals surface area contributed by atoms with Gasteiger partial charge in [-0.25, -0.2) is 14.2 Å². The summed E-state index contributed by atoms with van der Waals surface area (Å²) in [5.41, 5.74) is 6.73. The fourth-order valence-corrected chi connectivity index (χ4v) is 4.84. The van der Waals surface area contributed by atoms with Crippen molar-refractivity contribution in [3.05, 3.63) is 76.0 Å². The van der Waals surface area contributed by atoms with Crippen LogP contribution in [-0.2, 0) is 0 Å². The van der Waals surface area contributed by atoms with E-state index in [1.54, 1.807) is 55.5 Å². The Labute approximate surface area is 191 Å². The van der Waals surface area contributed by atoms with Crippen molar-refractivity contribution in [1.82, 2.24) is 4.98 Å². The summed E-state index contributed by atoms with van der Waals surface area (Å²) in [4.78, 5) is 15.6. The number of hydrogen-bond acceptors (Lipinski definition) is 5. The number of rotatable bonds is 5. The van der Waals surface area contributed by atoms with Crippen molar-refractivity contribution in [1.29, 1.82) is 0 Å². The third-order valence-corrected chi connectivity index (χ3v) is 6.19. The lowest BCUT2D eigenvalue weighted by Crippen LogP contribution is -2.16. The molecule has 0 aliphatic rings. The maximum Gasteiger partial charge on any atom is 0.409 e. The molecule has 1 unspecified atom stereocenters. The molecule has 2 N–H and O–H groups in total. The molecule has 0 fully saturated rings. The Kier molecular flexibility index (Phi) is 6.00. The number of benzene rings is 3. The van der Waals surface area contributed by atoms with E-state index < -0.39 is 18.0 Å². The van der Waals surface area contributed by atoms with E-state index in [2.05, 4.69) is 4.98 Å². The average Bonchev–Trinajstić information content (AvgIpc) is 3.10. The van der Waals surface area contributed by atoms with Gasteiger partial charge >= 0.3 is 6.09 Å². The molecule has 4 rings (SSSR count). The standard InChI is InChI=1S/C22H15Cl2FN2O3S/c1-11(20-13(23)6-4-7-14(20)24)29-18-10-19-16(9-15(18)25)27-21(31-19)12-5-2-3-8-17(12)30-22(26)28/h2-11H,1H3,(H2,26,28). The smallest absolute Gasteiger partial charge is 0.409 e. The molecule has 158 valence electrons. The van der Waals surface area contributed by atoms with Gasteiger partial charge in [-0.1, -0.05) is 41.4 Å². The zero-order valence-corrected chi connectivity index (χ0v) is 18.4. The molecule has 5 nitrogen and oxygen atoms in total. The van der Waals surface area contributed by atoms with E-state index in [0.29, 0.717) is 36.4 Å². The highest BCUT2D eigenvalue weighted by atomic mass is 35.5. The van der Waals surface area contributed by atoms with Gasteiger partial charge in [0.1, 0.15) is 16.9 Å². The summed E-state index contributed by atoms with van der Waals surface area (Å²) < 4.78 is 26.3. The first-order valence-corrected chi connectivity index (χ1v) is 10.7. The molecular weight excluding hydrogens is 462 g/mol. The summed E-state index contributed by atoms with van der Waals surface area (Å²) in [5, 5.41) is 1.42. The molecule has 0 aliphatic carbocycles. The Hall–Kier alpha value is -2.87. The largest absolute Gasteiger partial charge is 0.483 e. The molecule has 0 aliphatic heterocycles. The highest BCUT2D eigenvalue weighted by molar-refractivity contribution is 7.21. The number of carbonyl (C=O) groups is 1. The predicted molar refractivity (Wildman–Crippen MR) is 121 cm³/mol. The van der Waals surface area contributed by atoms with Crippen molar-refractivity contribution < 1.29 is 18.7 Å². The zero-order valence-electron chi connectivity index (χ0n) is 16.1. The number of para-hydroxylation sites is 1. The molecule has 3 aromatic carbocycles. The summed E-state index contributed by atoms with van der Waals surface area (Å²) in [6.07, 6.45) is -1.51. The van der Waals surface area contributed by atoms with Crippen LogP contribution in [0.15, 0.2) is 54.6 Å². The average molecular weight is 477 g/mol. The number of amides is 1. The van der Waals surface area contributed by atoms with Gasteiger partial charge < -0.3 is 15.2 Å². The van der Waals surface area contributed by atoms with Crippen LogP contribution in [0.3, 0.4) is 0 Å². The summed E-state index contributed by atoms with van der Waals surface area (Å²) >= 11 is 13.8. The second-order valence-corrected chi connectivity index (χ2v) is 8.43. The van der Waals surface area contributed by atoms with E-state index in [9.17, 15) is 9.18 Å². The minimum Gasteiger partial charge on any atom is -0.483 e. The number of aromatic nitrogens is 1. The van der Waals surface area contributed by atoms with Crippen LogP contribution in [0.2, 0.25) is 10.0 Å². The van der Waals surface area contributed by atoms with E-state index >= 15 is 0 Å². The van der Waals surface area contributed by atoms with Gasteiger partial charge in [0, 0.05) is 27.7 Å². The lowest BCUT2D eigenvalue weighted by atomic mass is 10.1. The summed E-state index contributed by atoms with van der Waals surface area (Å²) in [6.45, 7) is 1.74. The van der Waals surface area contributed by atoms with E-state index in [0.717, 1.165) is 0 Å². The van der Waals surface area contributed by atoms with Crippen molar-refractivity contribution in [3.8, 4) is 22.1 Å². The van der Waals surface area contributed by atoms with E-state index in [1.807, 2.05) is 0 Å². The van der Waals surface area contributed by atoms with Crippen molar-refractivity contribution in [2.75, 3.05) is 0 Å². The second-order valence-electron chi connectivity index (χ2n) is 6.58. The normalized spacial score (nSPS) is 12.0. The highest BCUT2D eigenvalue weighted by Gasteiger charge is 2.19. The fourth-order valence-electron chi connectivity index (χ4n) is 3.12. The van der Waals surface area contributed by atoms with Gasteiger partial charge in [0.15, 0.2) is 11.6 Å². The van der Waals surface area contributed by atoms with Crippen LogP contribution in [-0.4, -0.2) is 11.1 Å². The number of nitrogens with zero attached hydrogens (tertiary/aromatic N) is 1. The molecule has 0 spiro atoms. The van der Waals surface area contributed by atoms with Crippen molar-refractivity contribution in [2.24, 2.45) is 5.73 Å². The molecular formula is C22H15Cl2FN2O3S. The van der Waals surface area contributed by atoms with Crippen LogP contribution >= 0.6 is 34.5 Å². The first-order valence-electron chi connectivity index (χ1n) is 9.11. The Morgan fingerprint density at radius 3 is 2.52 bits per heavy atom. The number of thiazole rings is 1. The predicted octanol–water partition coefficient (Wildman–Crippen LogP) is 7.01. The molecule has 31 heavy (non-hydrogen) atoms. The fraction of sp³-hybridized carbons (Fsp3) is 0.0909. The van der Waals surface area contributed by atoms with Crippen LogP contribution in [0.4, 0.5) is 9.18 Å². The molecule has 0 radical (unpaired) electrons. The number of hydrogen-bond donors (Lipinski definition) is 1.